The molecule has 0 radical (unpaired) electrons. The van der Waals surface area contributed by atoms with Gasteiger partial charge < -0.3 is 19.4 Å². The first-order valence-electron chi connectivity index (χ1n) is 8.49. The minimum Gasteiger partial charge on any atom is -0.454 e. The van der Waals surface area contributed by atoms with Gasteiger partial charge in [0.25, 0.3) is 0 Å². The smallest absolute Gasteiger partial charge is 0.238 e. The van der Waals surface area contributed by atoms with Crippen LogP contribution in [-0.2, 0) is 18.3 Å². The Balaban J connectivity index is 1.26. The highest BCUT2D eigenvalue weighted by Crippen LogP contribution is 2.32. The number of amides is 1. The lowest BCUT2D eigenvalue weighted by atomic mass is 10.1. The molecule has 3 heterocycles. The van der Waals surface area contributed by atoms with Gasteiger partial charge in [-0.2, -0.15) is 0 Å². The molecule has 0 saturated carbocycles. The summed E-state index contributed by atoms with van der Waals surface area (Å²) < 4.78 is 12.7. The fourth-order valence-corrected chi connectivity index (χ4v) is 3.31. The van der Waals surface area contributed by atoms with Gasteiger partial charge in [0.1, 0.15) is 6.04 Å². The second-order valence-electron chi connectivity index (χ2n) is 6.40. The number of aryl methyl sites for hydroxylation is 1. The third-order valence-corrected chi connectivity index (χ3v) is 4.71. The van der Waals surface area contributed by atoms with E-state index in [1.54, 1.807) is 0 Å². The van der Waals surface area contributed by atoms with E-state index < -0.39 is 0 Å². The maximum atomic E-state index is 12.4. The van der Waals surface area contributed by atoms with Crippen LogP contribution in [0.5, 0.6) is 11.5 Å². The molecule has 25 heavy (non-hydrogen) atoms. The first kappa shape index (κ1) is 16.0. The molecule has 1 fully saturated rings. The average molecular weight is 342 g/mol. The van der Waals surface area contributed by atoms with Crippen molar-refractivity contribution in [2.45, 2.75) is 24.9 Å². The van der Waals surface area contributed by atoms with E-state index in [1.807, 2.05) is 37.5 Å². The van der Waals surface area contributed by atoms with Crippen LogP contribution < -0.4 is 25.6 Å². The van der Waals surface area contributed by atoms with Crippen molar-refractivity contribution in [2.24, 2.45) is 7.05 Å². The van der Waals surface area contributed by atoms with E-state index >= 15 is 0 Å². The Labute approximate surface area is 146 Å². The predicted molar refractivity (Wildman–Crippen MR) is 92.1 cm³/mol. The van der Waals surface area contributed by atoms with Crippen molar-refractivity contribution in [1.29, 1.82) is 0 Å². The standard InChI is InChI=1S/C18H22N4O3/c1-22-8-2-3-15(22)13-10-14(21-20-13)18(23)19-7-6-12-4-5-16-17(9-12)25-11-24-16/h2-5,8-9,13-14,20-21H,6-7,10-11H2,1H3,(H,19,23). The molecule has 2 aromatic rings. The fourth-order valence-electron chi connectivity index (χ4n) is 3.31. The predicted octanol–water partition coefficient (Wildman–Crippen LogP) is 1.02. The minimum atomic E-state index is -0.225. The first-order valence-corrected chi connectivity index (χ1v) is 8.49. The molecule has 0 aliphatic carbocycles. The Kier molecular flexibility index (Phi) is 4.33. The zero-order valence-electron chi connectivity index (χ0n) is 14.1. The summed E-state index contributed by atoms with van der Waals surface area (Å²) in [6, 6.07) is 9.87. The van der Waals surface area contributed by atoms with Crippen LogP contribution in [0.2, 0.25) is 0 Å². The van der Waals surface area contributed by atoms with Gasteiger partial charge in [-0.15, -0.1) is 0 Å². The second kappa shape index (κ2) is 6.78. The minimum absolute atomic E-state index is 0.0185. The lowest BCUT2D eigenvalue weighted by molar-refractivity contribution is -0.122. The number of carbonyl (C=O) groups is 1. The third kappa shape index (κ3) is 3.33. The number of aromatic nitrogens is 1. The first-order chi connectivity index (χ1) is 12.2. The van der Waals surface area contributed by atoms with Gasteiger partial charge in [-0.25, -0.2) is 10.9 Å². The average Bonchev–Trinajstić information content (AvgIpc) is 3.34. The van der Waals surface area contributed by atoms with E-state index in [-0.39, 0.29) is 24.8 Å². The molecular formula is C18H22N4O3. The molecule has 2 aliphatic rings. The highest BCUT2D eigenvalue weighted by molar-refractivity contribution is 5.82. The molecule has 0 bridgehead atoms. The summed E-state index contributed by atoms with van der Waals surface area (Å²) in [6.45, 7) is 0.865. The summed E-state index contributed by atoms with van der Waals surface area (Å²) in [4.78, 5) is 12.4. The van der Waals surface area contributed by atoms with E-state index in [1.165, 1.54) is 5.69 Å². The Bertz CT molecular complexity index is 773. The quantitative estimate of drug-likeness (QED) is 0.756. The van der Waals surface area contributed by atoms with Crippen LogP contribution in [0.1, 0.15) is 23.7 Å². The summed E-state index contributed by atoms with van der Waals surface area (Å²) in [7, 11) is 2.01. The number of nitrogens with one attached hydrogen (secondary N) is 3. The maximum Gasteiger partial charge on any atom is 0.238 e. The van der Waals surface area contributed by atoms with Crippen molar-refractivity contribution in [3.63, 3.8) is 0 Å². The summed E-state index contributed by atoms with van der Waals surface area (Å²) >= 11 is 0. The summed E-state index contributed by atoms with van der Waals surface area (Å²) in [5, 5.41) is 3.00. The van der Waals surface area contributed by atoms with Crippen molar-refractivity contribution in [1.82, 2.24) is 20.7 Å². The fraction of sp³-hybridized carbons (Fsp3) is 0.389. The van der Waals surface area contributed by atoms with E-state index in [0.717, 1.165) is 29.9 Å². The molecule has 7 heteroatoms. The normalized spacial score (nSPS) is 21.5. The number of rotatable bonds is 5. The van der Waals surface area contributed by atoms with Crippen LogP contribution in [0.15, 0.2) is 36.5 Å². The maximum absolute atomic E-state index is 12.4. The molecule has 1 aromatic carbocycles. The largest absolute Gasteiger partial charge is 0.454 e. The lowest BCUT2D eigenvalue weighted by Gasteiger charge is -2.11. The number of carbonyl (C=O) groups excluding carboxylic acids is 1. The number of hydrogen-bond acceptors (Lipinski definition) is 5. The van der Waals surface area contributed by atoms with E-state index in [2.05, 4.69) is 26.8 Å². The zero-order valence-corrected chi connectivity index (χ0v) is 14.1. The van der Waals surface area contributed by atoms with Crippen LogP contribution in [0.4, 0.5) is 0 Å². The van der Waals surface area contributed by atoms with Gasteiger partial charge in [-0.1, -0.05) is 6.07 Å². The summed E-state index contributed by atoms with van der Waals surface area (Å²) in [5.74, 6) is 1.57. The van der Waals surface area contributed by atoms with Gasteiger partial charge in [0.2, 0.25) is 12.7 Å². The van der Waals surface area contributed by atoms with Crippen LogP contribution in [0.25, 0.3) is 0 Å². The monoisotopic (exact) mass is 342 g/mol. The number of hydrogen-bond donors (Lipinski definition) is 3. The Morgan fingerprint density at radius 2 is 2.16 bits per heavy atom. The highest BCUT2D eigenvalue weighted by Gasteiger charge is 2.30. The number of nitrogens with zero attached hydrogens (tertiary/aromatic N) is 1. The Morgan fingerprint density at radius 1 is 1.28 bits per heavy atom. The highest BCUT2D eigenvalue weighted by atomic mass is 16.7. The molecule has 7 nitrogen and oxygen atoms in total. The molecule has 2 aliphatic heterocycles. The topological polar surface area (TPSA) is 76.6 Å². The van der Waals surface area contributed by atoms with Gasteiger partial charge in [-0.3, -0.25) is 4.79 Å². The number of benzene rings is 1. The second-order valence-corrected chi connectivity index (χ2v) is 6.40. The van der Waals surface area contributed by atoms with Gasteiger partial charge in [0.15, 0.2) is 11.5 Å². The molecule has 2 atom stereocenters. The van der Waals surface area contributed by atoms with E-state index in [0.29, 0.717) is 6.54 Å². The van der Waals surface area contributed by atoms with Crippen LogP contribution in [0, 0.1) is 0 Å². The molecular weight excluding hydrogens is 320 g/mol. The third-order valence-electron chi connectivity index (χ3n) is 4.71. The summed E-state index contributed by atoms with van der Waals surface area (Å²) in [5.41, 5.74) is 8.58. The number of ether oxygens (including phenoxy) is 2. The van der Waals surface area contributed by atoms with E-state index in [9.17, 15) is 4.79 Å². The van der Waals surface area contributed by atoms with Crippen molar-refractivity contribution < 1.29 is 14.3 Å². The van der Waals surface area contributed by atoms with Crippen LogP contribution in [-0.4, -0.2) is 29.9 Å². The van der Waals surface area contributed by atoms with Gasteiger partial charge in [0.05, 0.1) is 6.04 Å². The molecule has 0 spiro atoms. The Hall–Kier alpha value is -2.51. The molecule has 1 aromatic heterocycles. The van der Waals surface area contributed by atoms with Crippen molar-refractivity contribution in [2.75, 3.05) is 13.3 Å². The van der Waals surface area contributed by atoms with Gasteiger partial charge in [-0.05, 0) is 42.7 Å². The summed E-state index contributed by atoms with van der Waals surface area (Å²) in [6.07, 6.45) is 3.49. The van der Waals surface area contributed by atoms with Crippen molar-refractivity contribution in [3.8, 4) is 11.5 Å². The molecule has 1 saturated heterocycles. The van der Waals surface area contributed by atoms with Crippen LogP contribution in [0.3, 0.4) is 0 Å². The number of hydrazine groups is 1. The van der Waals surface area contributed by atoms with Gasteiger partial charge in [0, 0.05) is 25.5 Å². The van der Waals surface area contributed by atoms with Gasteiger partial charge >= 0.3 is 0 Å². The molecule has 3 N–H and O–H groups in total. The zero-order chi connectivity index (χ0) is 17.2. The Morgan fingerprint density at radius 3 is 3.00 bits per heavy atom. The van der Waals surface area contributed by atoms with Crippen molar-refractivity contribution in [3.05, 3.63) is 47.8 Å². The van der Waals surface area contributed by atoms with Crippen LogP contribution >= 0.6 is 0 Å². The molecule has 132 valence electrons. The van der Waals surface area contributed by atoms with E-state index in [4.69, 9.17) is 9.47 Å². The molecule has 4 rings (SSSR count). The van der Waals surface area contributed by atoms with Crippen molar-refractivity contribution >= 4 is 5.91 Å². The lowest BCUT2D eigenvalue weighted by Crippen LogP contribution is -2.43. The number of fused-ring (bicyclic) bond motifs is 1. The SMILES string of the molecule is Cn1cccc1C1CC(C(=O)NCCc2ccc3c(c2)OCO3)NN1. The molecule has 1 amide bonds. The molecule has 2 unspecified atom stereocenters.